The number of ether oxygens (including phenoxy) is 5. The molecule has 282 valence electrons. The summed E-state index contributed by atoms with van der Waals surface area (Å²) in [7, 11) is 6.04. The van der Waals surface area contributed by atoms with Gasteiger partial charge in [-0.05, 0) is 50.8 Å². The number of fused-ring (bicyclic) bond motifs is 5. The zero-order valence-electron chi connectivity index (χ0n) is 31.2. The number of methoxy groups -OCH3 is 2. The van der Waals surface area contributed by atoms with Crippen molar-refractivity contribution in [1.29, 1.82) is 0 Å². The number of rotatable bonds is 7. The van der Waals surface area contributed by atoms with Crippen molar-refractivity contribution in [3.63, 3.8) is 0 Å². The van der Waals surface area contributed by atoms with Crippen LogP contribution in [0.3, 0.4) is 0 Å². The van der Waals surface area contributed by atoms with Crippen LogP contribution in [-0.4, -0.2) is 104 Å². The average Bonchev–Trinajstić information content (AvgIpc) is 3.76. The number of hydrogen-bond acceptors (Lipinski definition) is 10. The number of alkyl carbamates (subject to hydrolysis) is 1. The lowest BCUT2D eigenvalue weighted by Gasteiger charge is -2.42. The molecular weight excluding hydrogens is 682 g/mol. The van der Waals surface area contributed by atoms with Crippen molar-refractivity contribution in [3.05, 3.63) is 46.5 Å². The Kier molecular flexibility index (Phi) is 12.5. The van der Waals surface area contributed by atoms with Gasteiger partial charge in [-0.25, -0.2) is 9.59 Å². The SMILES string of the molecule is COc1cc2cc(c1Cl)N(C)C(=O)C[C@H](OC(=O)C(C)N(C)C(=O)CC(C)C)[C@]1(C)O[C@H]1[C@H](C)[C@@H]1C[C@@](O)(NC(=O)O1)[C@H](OC)/C=C/C=C(\C)C2. The number of halogens is 1. The number of carbonyl (C=O) groups is 4. The summed E-state index contributed by atoms with van der Waals surface area (Å²) < 4.78 is 29.2. The van der Waals surface area contributed by atoms with E-state index >= 15 is 0 Å². The van der Waals surface area contributed by atoms with E-state index in [1.165, 1.54) is 31.1 Å². The van der Waals surface area contributed by atoms with E-state index in [9.17, 15) is 24.3 Å². The summed E-state index contributed by atoms with van der Waals surface area (Å²) in [5, 5.41) is 14.5. The van der Waals surface area contributed by atoms with E-state index in [2.05, 4.69) is 5.32 Å². The highest BCUT2D eigenvalue weighted by molar-refractivity contribution is 6.35. The first-order valence-corrected chi connectivity index (χ1v) is 17.6. The van der Waals surface area contributed by atoms with Gasteiger partial charge in [-0.1, -0.05) is 56.2 Å². The number of likely N-dealkylation sites (N-methyl/N-ethyl adjacent to an activating group) is 1. The standard InChI is InChI=1S/C37H52ClN3O10/c1-20(2)14-30(42)40(7)23(5)34(44)50-29-18-31(43)41(8)25-16-24(17-26(47-9)32(25)38)15-21(3)12-11-13-28(48-10)37(46)19-27(49-35(45)39-37)22(4)33-36(29,6)51-33/h11-13,16-17,20,22-23,27-29,33,46H,14-15,18-19H2,1-10H3,(H,39,45)/b13-11+,21-12+/t22-,23?,27+,28-,29+,33+,36+,37+/m1/s1. The Morgan fingerprint density at radius 2 is 1.90 bits per heavy atom. The number of nitrogens with one attached hydrogen (secondary N) is 1. The molecule has 2 fully saturated rings. The molecule has 3 aliphatic rings. The number of allylic oxidation sites excluding steroid dienone is 3. The summed E-state index contributed by atoms with van der Waals surface area (Å²) >= 11 is 6.75. The summed E-state index contributed by atoms with van der Waals surface area (Å²) in [4.78, 5) is 56.1. The van der Waals surface area contributed by atoms with E-state index in [4.69, 9.17) is 35.3 Å². The highest BCUT2D eigenvalue weighted by Crippen LogP contribution is 2.49. The number of epoxide rings is 1. The van der Waals surface area contributed by atoms with Gasteiger partial charge in [0.05, 0.1) is 25.3 Å². The Balaban J connectivity index is 1.77. The van der Waals surface area contributed by atoms with Crippen LogP contribution in [0.1, 0.15) is 66.4 Å². The molecule has 8 atom stereocenters. The van der Waals surface area contributed by atoms with Gasteiger partial charge in [0.25, 0.3) is 0 Å². The van der Waals surface area contributed by atoms with E-state index in [0.717, 1.165) is 11.1 Å². The fourth-order valence-electron chi connectivity index (χ4n) is 6.71. The molecule has 4 rings (SSSR count). The van der Waals surface area contributed by atoms with Gasteiger partial charge in [0.1, 0.15) is 40.7 Å². The van der Waals surface area contributed by atoms with Gasteiger partial charge in [0, 0.05) is 40.0 Å². The van der Waals surface area contributed by atoms with Crippen LogP contribution in [-0.2, 0) is 39.8 Å². The summed E-state index contributed by atoms with van der Waals surface area (Å²) in [5.74, 6) is -1.41. The molecule has 51 heavy (non-hydrogen) atoms. The Morgan fingerprint density at radius 1 is 1.22 bits per heavy atom. The fraction of sp³-hybridized carbons (Fsp3) is 0.622. The van der Waals surface area contributed by atoms with Crippen LogP contribution >= 0.6 is 11.6 Å². The first-order chi connectivity index (χ1) is 23.8. The van der Waals surface area contributed by atoms with Gasteiger partial charge in [-0.15, -0.1) is 0 Å². The van der Waals surface area contributed by atoms with E-state index in [0.29, 0.717) is 17.9 Å². The van der Waals surface area contributed by atoms with Crippen LogP contribution in [0, 0.1) is 11.8 Å². The monoisotopic (exact) mass is 733 g/mol. The second-order valence-electron chi connectivity index (χ2n) is 14.5. The Labute approximate surface area is 305 Å². The van der Waals surface area contributed by atoms with Crippen LogP contribution in [0.4, 0.5) is 10.5 Å². The minimum Gasteiger partial charge on any atom is -0.495 e. The van der Waals surface area contributed by atoms with E-state index in [1.807, 2.05) is 26.8 Å². The van der Waals surface area contributed by atoms with E-state index in [1.54, 1.807) is 52.1 Å². The van der Waals surface area contributed by atoms with Crippen molar-refractivity contribution in [3.8, 4) is 5.75 Å². The molecule has 0 aromatic heterocycles. The van der Waals surface area contributed by atoms with Crippen LogP contribution in [0.25, 0.3) is 0 Å². The summed E-state index contributed by atoms with van der Waals surface area (Å²) in [6.07, 6.45) is 1.26. The lowest BCUT2D eigenvalue weighted by molar-refractivity contribution is -0.162. The summed E-state index contributed by atoms with van der Waals surface area (Å²) in [6, 6.07) is 2.64. The molecule has 3 amide bonds. The molecule has 2 saturated heterocycles. The first kappa shape index (κ1) is 40.1. The molecule has 0 spiro atoms. The molecule has 1 aromatic carbocycles. The van der Waals surface area contributed by atoms with E-state index in [-0.39, 0.29) is 36.1 Å². The lowest BCUT2D eigenvalue weighted by atomic mass is 9.83. The van der Waals surface area contributed by atoms with Gasteiger partial charge in [0.2, 0.25) is 11.8 Å². The quantitative estimate of drug-likeness (QED) is 0.301. The minimum absolute atomic E-state index is 0.0442. The van der Waals surface area contributed by atoms with Gasteiger partial charge < -0.3 is 38.6 Å². The predicted octanol–water partition coefficient (Wildman–Crippen LogP) is 4.56. The van der Waals surface area contributed by atoms with Crippen molar-refractivity contribution in [2.75, 3.05) is 33.2 Å². The number of aliphatic hydroxyl groups is 1. The number of benzene rings is 1. The van der Waals surface area contributed by atoms with Gasteiger partial charge >= 0.3 is 12.1 Å². The Morgan fingerprint density at radius 3 is 2.53 bits per heavy atom. The van der Waals surface area contributed by atoms with Gasteiger partial charge in [-0.3, -0.25) is 14.9 Å². The predicted molar refractivity (Wildman–Crippen MR) is 190 cm³/mol. The molecule has 14 heteroatoms. The van der Waals surface area contributed by atoms with Crippen molar-refractivity contribution in [1.82, 2.24) is 10.2 Å². The number of esters is 1. The second kappa shape index (κ2) is 15.9. The Hall–Kier alpha value is -3.65. The van der Waals surface area contributed by atoms with Crippen LogP contribution in [0.5, 0.6) is 5.75 Å². The summed E-state index contributed by atoms with van der Waals surface area (Å²) in [6.45, 7) is 10.8. The lowest BCUT2D eigenvalue weighted by Crippen LogP contribution is -2.63. The summed E-state index contributed by atoms with van der Waals surface area (Å²) in [5.41, 5.74) is -0.878. The molecule has 3 aliphatic heterocycles. The van der Waals surface area contributed by atoms with Gasteiger partial charge in [0.15, 0.2) is 5.72 Å². The fourth-order valence-corrected chi connectivity index (χ4v) is 7.02. The maximum absolute atomic E-state index is 14.1. The molecular formula is C37H52ClN3O10. The molecule has 13 nitrogen and oxygen atoms in total. The third-order valence-electron chi connectivity index (χ3n) is 10.1. The number of carbonyl (C=O) groups excluding carboxylic acids is 4. The minimum atomic E-state index is -1.82. The maximum Gasteiger partial charge on any atom is 0.409 e. The third kappa shape index (κ3) is 8.88. The highest BCUT2D eigenvalue weighted by atomic mass is 35.5. The van der Waals surface area contributed by atoms with Crippen molar-refractivity contribution in [2.45, 2.75) is 109 Å². The molecule has 0 aliphatic carbocycles. The first-order valence-electron chi connectivity index (χ1n) is 17.2. The maximum atomic E-state index is 14.1. The van der Waals surface area contributed by atoms with Crippen LogP contribution < -0.4 is 15.0 Å². The van der Waals surface area contributed by atoms with Crippen molar-refractivity contribution in [2.24, 2.45) is 11.8 Å². The molecule has 1 aromatic rings. The number of hydrogen-bond donors (Lipinski definition) is 2. The molecule has 1 unspecified atom stereocenters. The molecule has 3 heterocycles. The highest BCUT2D eigenvalue weighted by Gasteiger charge is 2.64. The second-order valence-corrected chi connectivity index (χ2v) is 14.9. The molecule has 0 radical (unpaired) electrons. The zero-order chi connectivity index (χ0) is 38.0. The smallest absolute Gasteiger partial charge is 0.409 e. The van der Waals surface area contributed by atoms with E-state index < -0.39 is 65.7 Å². The zero-order valence-corrected chi connectivity index (χ0v) is 31.9. The van der Waals surface area contributed by atoms with Crippen molar-refractivity contribution < 1.29 is 48.0 Å². The molecule has 2 N–H and O–H groups in total. The van der Waals surface area contributed by atoms with Crippen LogP contribution in [0.15, 0.2) is 35.9 Å². The third-order valence-corrected chi connectivity index (χ3v) is 10.5. The van der Waals surface area contributed by atoms with Gasteiger partial charge in [-0.2, -0.15) is 0 Å². The largest absolute Gasteiger partial charge is 0.495 e. The Bertz CT molecular complexity index is 1560. The topological polar surface area (TPSA) is 156 Å². The number of nitrogens with zero attached hydrogens (tertiary/aromatic N) is 2. The number of amides is 3. The number of anilines is 1. The average molecular weight is 734 g/mol. The normalized spacial score (nSPS) is 32.1. The van der Waals surface area contributed by atoms with Crippen LogP contribution in [0.2, 0.25) is 5.02 Å². The molecule has 0 saturated carbocycles. The molecule has 4 bridgehead atoms. The van der Waals surface area contributed by atoms with Crippen molar-refractivity contribution >= 4 is 41.2 Å².